The fourth-order valence-electron chi connectivity index (χ4n) is 1.75. The van der Waals surface area contributed by atoms with Crippen molar-refractivity contribution in [2.45, 2.75) is 46.6 Å². The molecule has 0 aliphatic rings. The van der Waals surface area contributed by atoms with Crippen LogP contribution in [0.25, 0.3) is 0 Å². The Kier molecular flexibility index (Phi) is 6.71. The summed E-state index contributed by atoms with van der Waals surface area (Å²) in [5.41, 5.74) is 0.880. The zero-order valence-corrected chi connectivity index (χ0v) is 12.5. The second-order valence-corrected chi connectivity index (χ2v) is 5.09. The summed E-state index contributed by atoms with van der Waals surface area (Å²) in [5, 5.41) is 10.1. The van der Waals surface area contributed by atoms with Crippen LogP contribution in [0.2, 0.25) is 0 Å². The molecule has 0 heterocycles. The minimum atomic E-state index is -0.468. The fourth-order valence-corrected chi connectivity index (χ4v) is 1.75. The third kappa shape index (κ3) is 4.75. The molecule has 1 N–H and O–H groups in total. The summed E-state index contributed by atoms with van der Waals surface area (Å²) in [6.07, 6.45) is 1.44. The highest BCUT2D eigenvalue weighted by Gasteiger charge is 2.15. The Bertz CT molecular complexity index is 374. The topological polar surface area (TPSA) is 38.7 Å². The normalized spacial score (nSPS) is 12.5. The van der Waals surface area contributed by atoms with Gasteiger partial charge in [-0.1, -0.05) is 33.8 Å². The van der Waals surface area contributed by atoms with Gasteiger partial charge >= 0.3 is 0 Å². The lowest BCUT2D eigenvalue weighted by Crippen LogP contribution is -2.07. The minimum Gasteiger partial charge on any atom is -0.490 e. The molecule has 0 fully saturated rings. The number of aliphatic hydroxyl groups excluding tert-OH is 1. The van der Waals surface area contributed by atoms with E-state index in [-0.39, 0.29) is 5.92 Å². The lowest BCUT2D eigenvalue weighted by Gasteiger charge is -2.18. The summed E-state index contributed by atoms with van der Waals surface area (Å²) in [6, 6.07) is 5.70. The summed E-state index contributed by atoms with van der Waals surface area (Å²) in [4.78, 5) is 0. The van der Waals surface area contributed by atoms with E-state index in [2.05, 4.69) is 13.8 Å². The molecular formula is C16H26O3. The Labute approximate surface area is 116 Å². The predicted molar refractivity (Wildman–Crippen MR) is 77.8 cm³/mol. The highest BCUT2D eigenvalue weighted by molar-refractivity contribution is 5.43. The zero-order chi connectivity index (χ0) is 14.3. The van der Waals surface area contributed by atoms with Gasteiger partial charge in [-0.2, -0.15) is 0 Å². The molecule has 1 unspecified atom stereocenters. The Morgan fingerprint density at radius 3 is 2.11 bits per heavy atom. The first-order valence-electron chi connectivity index (χ1n) is 7.17. The quantitative estimate of drug-likeness (QED) is 0.774. The molecule has 19 heavy (non-hydrogen) atoms. The molecule has 0 aliphatic heterocycles. The standard InChI is InChI=1S/C16H26O3/c1-5-9-18-14-8-7-13(16(17)12(3)4)11-15(14)19-10-6-2/h7-8,11-12,16-17H,5-6,9-10H2,1-4H3. The van der Waals surface area contributed by atoms with Crippen LogP contribution < -0.4 is 9.47 Å². The van der Waals surface area contributed by atoms with Gasteiger partial charge in [-0.15, -0.1) is 0 Å². The van der Waals surface area contributed by atoms with Gasteiger partial charge in [0.1, 0.15) is 0 Å². The minimum absolute atomic E-state index is 0.182. The van der Waals surface area contributed by atoms with Gasteiger partial charge in [-0.25, -0.2) is 0 Å². The van der Waals surface area contributed by atoms with Crippen molar-refractivity contribution < 1.29 is 14.6 Å². The number of hydrogen-bond acceptors (Lipinski definition) is 3. The molecular weight excluding hydrogens is 240 g/mol. The maximum atomic E-state index is 10.1. The van der Waals surface area contributed by atoms with E-state index in [4.69, 9.17) is 9.47 Å². The van der Waals surface area contributed by atoms with Crippen LogP contribution in [0.4, 0.5) is 0 Å². The first-order valence-corrected chi connectivity index (χ1v) is 7.17. The summed E-state index contributed by atoms with van der Waals surface area (Å²) in [5.74, 6) is 1.67. The van der Waals surface area contributed by atoms with E-state index in [0.717, 1.165) is 29.9 Å². The lowest BCUT2D eigenvalue weighted by molar-refractivity contribution is 0.126. The summed E-state index contributed by atoms with van der Waals surface area (Å²) in [6.45, 7) is 9.47. The Morgan fingerprint density at radius 2 is 1.58 bits per heavy atom. The van der Waals surface area contributed by atoms with E-state index in [1.807, 2.05) is 32.0 Å². The number of hydrogen-bond donors (Lipinski definition) is 1. The van der Waals surface area contributed by atoms with Gasteiger partial charge in [0, 0.05) is 0 Å². The maximum absolute atomic E-state index is 10.1. The lowest BCUT2D eigenvalue weighted by atomic mass is 9.99. The van der Waals surface area contributed by atoms with Gasteiger partial charge in [-0.05, 0) is 36.5 Å². The van der Waals surface area contributed by atoms with E-state index in [0.29, 0.717) is 13.2 Å². The number of rotatable bonds is 8. The van der Waals surface area contributed by atoms with Crippen molar-refractivity contribution in [1.82, 2.24) is 0 Å². The molecule has 3 heteroatoms. The van der Waals surface area contributed by atoms with Gasteiger partial charge in [0.05, 0.1) is 19.3 Å². The Balaban J connectivity index is 2.93. The Hall–Kier alpha value is -1.22. The van der Waals surface area contributed by atoms with Crippen molar-refractivity contribution in [1.29, 1.82) is 0 Å². The molecule has 0 amide bonds. The molecule has 0 saturated carbocycles. The van der Waals surface area contributed by atoms with Gasteiger partial charge < -0.3 is 14.6 Å². The second kappa shape index (κ2) is 8.05. The van der Waals surface area contributed by atoms with Crippen molar-refractivity contribution >= 4 is 0 Å². The average molecular weight is 266 g/mol. The molecule has 1 atom stereocenters. The van der Waals surface area contributed by atoms with Crippen LogP contribution in [0.15, 0.2) is 18.2 Å². The predicted octanol–water partition coefficient (Wildman–Crippen LogP) is 3.95. The van der Waals surface area contributed by atoms with Crippen molar-refractivity contribution in [2.24, 2.45) is 5.92 Å². The number of benzene rings is 1. The van der Waals surface area contributed by atoms with E-state index in [9.17, 15) is 5.11 Å². The van der Waals surface area contributed by atoms with Gasteiger partial charge in [0.15, 0.2) is 11.5 Å². The van der Waals surface area contributed by atoms with Gasteiger partial charge in [0.25, 0.3) is 0 Å². The van der Waals surface area contributed by atoms with Crippen molar-refractivity contribution in [3.05, 3.63) is 23.8 Å². The first kappa shape index (κ1) is 15.8. The summed E-state index contributed by atoms with van der Waals surface area (Å²) < 4.78 is 11.4. The van der Waals surface area contributed by atoms with Crippen molar-refractivity contribution in [3.8, 4) is 11.5 Å². The first-order chi connectivity index (χ1) is 9.10. The van der Waals surface area contributed by atoms with Gasteiger partial charge in [0.2, 0.25) is 0 Å². The molecule has 0 bridgehead atoms. The van der Waals surface area contributed by atoms with Crippen LogP contribution >= 0.6 is 0 Å². The van der Waals surface area contributed by atoms with Crippen LogP contribution in [-0.2, 0) is 0 Å². The second-order valence-electron chi connectivity index (χ2n) is 5.09. The van der Waals surface area contributed by atoms with Crippen molar-refractivity contribution in [3.63, 3.8) is 0 Å². The average Bonchev–Trinajstić information content (AvgIpc) is 2.42. The largest absolute Gasteiger partial charge is 0.490 e. The monoisotopic (exact) mass is 266 g/mol. The van der Waals surface area contributed by atoms with Gasteiger partial charge in [-0.3, -0.25) is 0 Å². The third-order valence-corrected chi connectivity index (χ3v) is 2.86. The summed E-state index contributed by atoms with van der Waals surface area (Å²) >= 11 is 0. The molecule has 0 aliphatic carbocycles. The molecule has 1 aromatic rings. The highest BCUT2D eigenvalue weighted by atomic mass is 16.5. The van der Waals surface area contributed by atoms with E-state index < -0.39 is 6.10 Å². The van der Waals surface area contributed by atoms with E-state index in [1.165, 1.54) is 0 Å². The van der Waals surface area contributed by atoms with Crippen LogP contribution in [-0.4, -0.2) is 18.3 Å². The SMILES string of the molecule is CCCOc1ccc(C(O)C(C)C)cc1OCCC. The molecule has 0 aromatic heterocycles. The molecule has 1 aromatic carbocycles. The molecule has 1 rings (SSSR count). The molecule has 3 nitrogen and oxygen atoms in total. The Morgan fingerprint density at radius 1 is 1.00 bits per heavy atom. The summed E-state index contributed by atoms with van der Waals surface area (Å²) in [7, 11) is 0. The third-order valence-electron chi connectivity index (χ3n) is 2.86. The maximum Gasteiger partial charge on any atom is 0.161 e. The van der Waals surface area contributed by atoms with Crippen LogP contribution in [0.1, 0.15) is 52.2 Å². The van der Waals surface area contributed by atoms with Crippen LogP contribution in [0.5, 0.6) is 11.5 Å². The van der Waals surface area contributed by atoms with Crippen molar-refractivity contribution in [2.75, 3.05) is 13.2 Å². The number of aliphatic hydroxyl groups is 1. The van der Waals surface area contributed by atoms with E-state index in [1.54, 1.807) is 0 Å². The smallest absolute Gasteiger partial charge is 0.161 e. The molecule has 0 saturated heterocycles. The van der Waals surface area contributed by atoms with E-state index >= 15 is 0 Å². The molecule has 108 valence electrons. The number of ether oxygens (including phenoxy) is 2. The molecule has 0 spiro atoms. The highest BCUT2D eigenvalue weighted by Crippen LogP contribution is 2.32. The fraction of sp³-hybridized carbons (Fsp3) is 0.625. The zero-order valence-electron chi connectivity index (χ0n) is 12.5. The molecule has 0 radical (unpaired) electrons. The van der Waals surface area contributed by atoms with Crippen LogP contribution in [0.3, 0.4) is 0 Å². The van der Waals surface area contributed by atoms with Crippen LogP contribution in [0, 0.1) is 5.92 Å².